The SMILES string of the molecule is C=CC(=O)N1CC(N2CCN(C(=O)CCc3cc(C4CC4)c(Cl)cc3NC(=O)C(F)(F)F)CC2)C1. The van der Waals surface area contributed by atoms with E-state index in [1.165, 1.54) is 12.1 Å². The van der Waals surface area contributed by atoms with Gasteiger partial charge in [0.25, 0.3) is 0 Å². The monoisotopic (exact) mass is 512 g/mol. The van der Waals surface area contributed by atoms with Crippen LogP contribution in [0.25, 0.3) is 0 Å². The molecule has 0 bridgehead atoms. The number of hydrogen-bond donors (Lipinski definition) is 1. The second-order valence-corrected chi connectivity index (χ2v) is 9.68. The lowest BCUT2D eigenvalue weighted by atomic mass is 10.0. The van der Waals surface area contributed by atoms with Crippen LogP contribution in [0.15, 0.2) is 24.8 Å². The van der Waals surface area contributed by atoms with Crippen LogP contribution in [0.1, 0.15) is 36.3 Å². The Morgan fingerprint density at radius 1 is 1.09 bits per heavy atom. The van der Waals surface area contributed by atoms with Crippen molar-refractivity contribution in [1.82, 2.24) is 14.7 Å². The molecule has 3 amide bonds. The smallest absolute Gasteiger partial charge is 0.340 e. The molecule has 0 spiro atoms. The molecule has 7 nitrogen and oxygen atoms in total. The third kappa shape index (κ3) is 5.98. The van der Waals surface area contributed by atoms with E-state index in [4.69, 9.17) is 11.6 Å². The van der Waals surface area contributed by atoms with Crippen LogP contribution in [-0.4, -0.2) is 83.9 Å². The summed E-state index contributed by atoms with van der Waals surface area (Å²) in [5, 5.41) is 2.23. The number of alkyl halides is 3. The number of carbonyl (C=O) groups is 3. The number of benzene rings is 1. The van der Waals surface area contributed by atoms with Crippen molar-refractivity contribution in [3.63, 3.8) is 0 Å². The number of anilines is 1. The zero-order valence-corrected chi connectivity index (χ0v) is 20.0. The van der Waals surface area contributed by atoms with Gasteiger partial charge in [-0.2, -0.15) is 13.2 Å². The van der Waals surface area contributed by atoms with Crippen molar-refractivity contribution in [2.24, 2.45) is 0 Å². The Morgan fingerprint density at radius 3 is 2.31 bits per heavy atom. The molecule has 11 heteroatoms. The summed E-state index contributed by atoms with van der Waals surface area (Å²) in [5.41, 5.74) is 1.31. The highest BCUT2D eigenvalue weighted by Gasteiger charge is 2.39. The van der Waals surface area contributed by atoms with Gasteiger partial charge in [0.2, 0.25) is 11.8 Å². The van der Waals surface area contributed by atoms with Crippen LogP contribution in [0.4, 0.5) is 18.9 Å². The van der Waals surface area contributed by atoms with Gasteiger partial charge in [-0.25, -0.2) is 0 Å². The maximum absolute atomic E-state index is 12.9. The number of rotatable bonds is 7. The van der Waals surface area contributed by atoms with E-state index in [1.54, 1.807) is 15.9 Å². The molecular weight excluding hydrogens is 485 g/mol. The van der Waals surface area contributed by atoms with Gasteiger partial charge in [-0.05, 0) is 48.4 Å². The molecule has 3 fully saturated rings. The van der Waals surface area contributed by atoms with Crippen LogP contribution in [0.3, 0.4) is 0 Å². The first-order valence-corrected chi connectivity index (χ1v) is 12.1. The predicted molar refractivity (Wildman–Crippen MR) is 125 cm³/mol. The van der Waals surface area contributed by atoms with E-state index in [2.05, 4.69) is 11.5 Å². The summed E-state index contributed by atoms with van der Waals surface area (Å²) in [6.45, 7) is 7.32. The number of nitrogens with one attached hydrogen (secondary N) is 1. The number of likely N-dealkylation sites (tertiary alicyclic amines) is 1. The van der Waals surface area contributed by atoms with Crippen molar-refractivity contribution in [2.45, 2.75) is 43.8 Å². The zero-order valence-electron chi connectivity index (χ0n) is 19.2. The van der Waals surface area contributed by atoms with Crippen molar-refractivity contribution in [3.05, 3.63) is 40.9 Å². The Morgan fingerprint density at radius 2 is 1.74 bits per heavy atom. The molecular formula is C24H28ClF3N4O3. The van der Waals surface area contributed by atoms with E-state index >= 15 is 0 Å². The number of carbonyl (C=O) groups excluding carboxylic acids is 3. The highest BCUT2D eigenvalue weighted by Crippen LogP contribution is 2.45. The largest absolute Gasteiger partial charge is 0.471 e. The van der Waals surface area contributed by atoms with Crippen LogP contribution >= 0.6 is 11.6 Å². The van der Waals surface area contributed by atoms with Crippen LogP contribution in [0, 0.1) is 0 Å². The van der Waals surface area contributed by atoms with Gasteiger partial charge in [0.05, 0.1) is 0 Å². The number of amides is 3. The molecule has 4 rings (SSSR count). The molecule has 0 unspecified atom stereocenters. The molecule has 1 aliphatic carbocycles. The first-order chi connectivity index (χ1) is 16.6. The molecule has 0 radical (unpaired) electrons. The number of piperazine rings is 1. The van der Waals surface area contributed by atoms with E-state index in [-0.39, 0.29) is 42.3 Å². The number of nitrogens with zero attached hydrogens (tertiary/aromatic N) is 3. The Balaban J connectivity index is 1.33. The molecule has 2 heterocycles. The first kappa shape index (κ1) is 25.5. The fourth-order valence-electron chi connectivity index (χ4n) is 4.59. The number of hydrogen-bond acceptors (Lipinski definition) is 4. The zero-order chi connectivity index (χ0) is 25.3. The van der Waals surface area contributed by atoms with Gasteiger partial charge in [-0.1, -0.05) is 24.2 Å². The maximum atomic E-state index is 12.9. The first-order valence-electron chi connectivity index (χ1n) is 11.7. The molecule has 1 N–H and O–H groups in total. The van der Waals surface area contributed by atoms with E-state index in [9.17, 15) is 27.6 Å². The minimum Gasteiger partial charge on any atom is -0.340 e. The third-order valence-electron chi connectivity index (χ3n) is 6.89. The molecule has 0 aromatic heterocycles. The Bertz CT molecular complexity index is 1010. The summed E-state index contributed by atoms with van der Waals surface area (Å²) < 4.78 is 38.4. The molecule has 1 aromatic rings. The quantitative estimate of drug-likeness (QED) is 0.570. The standard InChI is InChI=1S/C24H28ClF3N4O3/c1-2-21(33)32-13-17(14-32)30-7-9-31(10-8-30)22(34)6-5-16-11-18(15-3-4-15)19(25)12-20(16)29-23(35)24(26,27)28/h2,11-12,15,17H,1,3-10,13-14H2,(H,29,35). The van der Waals surface area contributed by atoms with Crippen LogP contribution < -0.4 is 5.32 Å². The topological polar surface area (TPSA) is 73.0 Å². The Labute approximate surface area is 206 Å². The van der Waals surface area contributed by atoms with E-state index in [0.717, 1.165) is 18.4 Å². The fourth-order valence-corrected chi connectivity index (χ4v) is 4.91. The van der Waals surface area contributed by atoms with Crippen molar-refractivity contribution >= 4 is 35.0 Å². The molecule has 0 atom stereocenters. The highest BCUT2D eigenvalue weighted by molar-refractivity contribution is 6.32. The highest BCUT2D eigenvalue weighted by atomic mass is 35.5. The average molecular weight is 513 g/mol. The van der Waals surface area contributed by atoms with Crippen molar-refractivity contribution in [1.29, 1.82) is 0 Å². The minimum absolute atomic E-state index is 0.0112. The maximum Gasteiger partial charge on any atom is 0.471 e. The van der Waals surface area contributed by atoms with Crippen LogP contribution in [0.2, 0.25) is 5.02 Å². The third-order valence-corrected chi connectivity index (χ3v) is 7.21. The summed E-state index contributed by atoms with van der Waals surface area (Å²) in [5.74, 6) is -1.96. The van der Waals surface area contributed by atoms with Crippen molar-refractivity contribution in [3.8, 4) is 0 Å². The molecule has 35 heavy (non-hydrogen) atoms. The summed E-state index contributed by atoms with van der Waals surface area (Å²) in [7, 11) is 0. The lowest BCUT2D eigenvalue weighted by molar-refractivity contribution is -0.167. The van der Waals surface area contributed by atoms with E-state index < -0.39 is 12.1 Å². The van der Waals surface area contributed by atoms with Crippen LogP contribution in [0.5, 0.6) is 0 Å². The normalized spacial score (nSPS) is 19.3. The van der Waals surface area contributed by atoms with Gasteiger partial charge in [0, 0.05) is 62.4 Å². The van der Waals surface area contributed by atoms with Gasteiger partial charge in [0.15, 0.2) is 0 Å². The van der Waals surface area contributed by atoms with Gasteiger partial charge in [0.1, 0.15) is 0 Å². The van der Waals surface area contributed by atoms with E-state index in [0.29, 0.717) is 49.9 Å². The summed E-state index contributed by atoms with van der Waals surface area (Å²) in [6.07, 6.45) is -1.49. The number of aryl methyl sites for hydroxylation is 1. The Hall–Kier alpha value is -2.59. The van der Waals surface area contributed by atoms with Gasteiger partial charge in [-0.3, -0.25) is 19.3 Å². The summed E-state index contributed by atoms with van der Waals surface area (Å²) in [6, 6.07) is 3.37. The van der Waals surface area contributed by atoms with Crippen molar-refractivity contribution < 1.29 is 27.6 Å². The second kappa shape index (κ2) is 10.2. The van der Waals surface area contributed by atoms with Gasteiger partial charge in [-0.15, -0.1) is 0 Å². The molecule has 190 valence electrons. The van der Waals surface area contributed by atoms with Crippen LogP contribution in [-0.2, 0) is 20.8 Å². The van der Waals surface area contributed by atoms with Gasteiger partial charge < -0.3 is 15.1 Å². The average Bonchev–Trinajstić information content (AvgIpc) is 3.62. The summed E-state index contributed by atoms with van der Waals surface area (Å²) >= 11 is 6.27. The molecule has 1 aromatic carbocycles. The summed E-state index contributed by atoms with van der Waals surface area (Å²) in [4.78, 5) is 41.7. The molecule has 2 aliphatic heterocycles. The second-order valence-electron chi connectivity index (χ2n) is 9.27. The number of halogens is 4. The fraction of sp³-hybridized carbons (Fsp3) is 0.542. The predicted octanol–water partition coefficient (Wildman–Crippen LogP) is 3.19. The molecule has 3 aliphatic rings. The lowest BCUT2D eigenvalue weighted by Gasteiger charge is -2.47. The molecule has 1 saturated carbocycles. The Kier molecular flexibility index (Phi) is 7.42. The minimum atomic E-state index is -5.02. The van der Waals surface area contributed by atoms with E-state index in [1.807, 2.05) is 5.32 Å². The molecule has 2 saturated heterocycles. The lowest BCUT2D eigenvalue weighted by Crippen LogP contribution is -2.64. The van der Waals surface area contributed by atoms with Crippen molar-refractivity contribution in [2.75, 3.05) is 44.6 Å². The van der Waals surface area contributed by atoms with Gasteiger partial charge >= 0.3 is 12.1 Å².